The Bertz CT molecular complexity index is 3750. The van der Waals surface area contributed by atoms with Crippen molar-refractivity contribution in [2.75, 3.05) is 9.80 Å². The van der Waals surface area contributed by atoms with Crippen LogP contribution >= 0.6 is 0 Å². The second-order valence-corrected chi connectivity index (χ2v) is 16.8. The van der Waals surface area contributed by atoms with E-state index in [1.165, 1.54) is 21.7 Å². The molecule has 0 aliphatic carbocycles. The van der Waals surface area contributed by atoms with Crippen molar-refractivity contribution in [3.05, 3.63) is 243 Å². The van der Waals surface area contributed by atoms with Gasteiger partial charge in [-0.1, -0.05) is 152 Å². The van der Waals surface area contributed by atoms with Crippen LogP contribution in [-0.2, 0) is 0 Å². The van der Waals surface area contributed by atoms with Gasteiger partial charge in [0, 0.05) is 50.0 Å². The molecule has 0 bridgehead atoms. The molecule has 0 unspecified atom stereocenters. The van der Waals surface area contributed by atoms with Gasteiger partial charge in [0.05, 0.1) is 11.4 Å². The van der Waals surface area contributed by atoms with E-state index in [1.54, 1.807) is 0 Å². The fraction of sp³-hybridized carbons (Fsp3) is 0. The molecule has 0 saturated heterocycles. The Balaban J connectivity index is 0.894. The van der Waals surface area contributed by atoms with Gasteiger partial charge in [-0.15, -0.1) is 0 Å². The summed E-state index contributed by atoms with van der Waals surface area (Å²) in [5.41, 5.74) is 14.8. The summed E-state index contributed by atoms with van der Waals surface area (Å²) in [5, 5.41) is 6.86. The van der Waals surface area contributed by atoms with Crippen molar-refractivity contribution in [1.29, 1.82) is 0 Å². The second kappa shape index (κ2) is 15.4. The minimum absolute atomic E-state index is 0.849. The molecule has 4 nitrogen and oxygen atoms in total. The van der Waals surface area contributed by atoms with Crippen LogP contribution in [0.3, 0.4) is 0 Å². The number of furan rings is 1. The largest absolute Gasteiger partial charge is 0.456 e. The number of ether oxygens (including phenoxy) is 1. The quantitative estimate of drug-likeness (QED) is 0.143. The minimum Gasteiger partial charge on any atom is -0.456 e. The maximum atomic E-state index is 6.85. The molecule has 13 rings (SSSR count). The zero-order chi connectivity index (χ0) is 43.6. The summed E-state index contributed by atoms with van der Waals surface area (Å²) in [6.07, 6.45) is 0. The number of rotatable bonds is 8. The van der Waals surface area contributed by atoms with Crippen LogP contribution in [-0.4, -0.2) is 0 Å². The summed E-state index contributed by atoms with van der Waals surface area (Å²) < 4.78 is 13.5. The number of para-hydroxylation sites is 5. The van der Waals surface area contributed by atoms with E-state index < -0.39 is 0 Å². The van der Waals surface area contributed by atoms with Crippen LogP contribution < -0.4 is 14.5 Å². The number of benzene rings is 11. The first-order chi connectivity index (χ1) is 32.7. The molecule has 4 heteroatoms. The van der Waals surface area contributed by atoms with Gasteiger partial charge in [-0.3, -0.25) is 0 Å². The number of fused-ring (bicyclic) bond motifs is 7. The Labute approximate surface area is 382 Å². The summed E-state index contributed by atoms with van der Waals surface area (Å²) in [4.78, 5) is 4.65. The molecule has 2 heterocycles. The Morgan fingerprint density at radius 1 is 0.303 bits per heavy atom. The molecule has 1 aliphatic rings. The van der Waals surface area contributed by atoms with Crippen LogP contribution in [0.1, 0.15) is 0 Å². The van der Waals surface area contributed by atoms with Crippen molar-refractivity contribution in [2.24, 2.45) is 0 Å². The smallest absolute Gasteiger partial charge is 0.159 e. The van der Waals surface area contributed by atoms with Crippen LogP contribution in [0.5, 0.6) is 11.5 Å². The molecule has 12 aromatic rings. The lowest BCUT2D eigenvalue weighted by Crippen LogP contribution is -2.11. The van der Waals surface area contributed by atoms with E-state index in [-0.39, 0.29) is 0 Å². The Hall–Kier alpha value is -8.86. The predicted octanol–water partition coefficient (Wildman–Crippen LogP) is 17.9. The third-order valence-corrected chi connectivity index (χ3v) is 13.0. The molecule has 11 aromatic carbocycles. The van der Waals surface area contributed by atoms with Gasteiger partial charge >= 0.3 is 0 Å². The second-order valence-electron chi connectivity index (χ2n) is 16.8. The lowest BCUT2D eigenvalue weighted by Gasteiger charge is -2.28. The first-order valence-electron chi connectivity index (χ1n) is 22.4. The lowest BCUT2D eigenvalue weighted by molar-refractivity contribution is 0.487. The highest BCUT2D eigenvalue weighted by Gasteiger charge is 2.25. The molecule has 1 aromatic heterocycles. The summed E-state index contributed by atoms with van der Waals surface area (Å²) in [6.45, 7) is 0. The normalized spacial score (nSPS) is 11.8. The third-order valence-electron chi connectivity index (χ3n) is 13.0. The fourth-order valence-electron chi connectivity index (χ4n) is 9.98. The highest BCUT2D eigenvalue weighted by atomic mass is 16.5. The van der Waals surface area contributed by atoms with E-state index in [2.05, 4.69) is 240 Å². The zero-order valence-electron chi connectivity index (χ0n) is 35.8. The predicted molar refractivity (Wildman–Crippen MR) is 274 cm³/mol. The Morgan fingerprint density at radius 3 is 1.73 bits per heavy atom. The molecule has 0 spiro atoms. The molecule has 0 atom stereocenters. The van der Waals surface area contributed by atoms with Gasteiger partial charge in [-0.2, -0.15) is 0 Å². The van der Waals surface area contributed by atoms with Crippen LogP contribution in [0, 0.1) is 0 Å². The standard InChI is InChI=1S/C62H40N2O2/c1-4-16-42(17-5-1)49-22-10-12-26-56(49)64(57-27-14-25-53-50-23-11-13-28-58(50)66-62(53)57)47-34-30-41(31-35-47)43-33-37-51-55-38-44-32-36-48(63(45-18-6-2-7-19-45)46-20-8-3-9-21-46)40-54(44)52-24-15-29-59(61(52)55)65-60(51)39-43/h1-40H. The molecule has 0 radical (unpaired) electrons. The molecule has 0 saturated carbocycles. The van der Waals surface area contributed by atoms with E-state index in [4.69, 9.17) is 9.15 Å². The molecular formula is C62H40N2O2. The Kier molecular flexibility index (Phi) is 8.81. The van der Waals surface area contributed by atoms with Crippen LogP contribution in [0.25, 0.3) is 76.9 Å². The lowest BCUT2D eigenvalue weighted by atomic mass is 9.89. The van der Waals surface area contributed by atoms with Crippen molar-refractivity contribution >= 4 is 77.6 Å². The van der Waals surface area contributed by atoms with Gasteiger partial charge in [0.2, 0.25) is 0 Å². The summed E-state index contributed by atoms with van der Waals surface area (Å²) in [5.74, 6) is 1.71. The topological polar surface area (TPSA) is 28.9 Å². The monoisotopic (exact) mass is 844 g/mol. The molecule has 310 valence electrons. The average molecular weight is 845 g/mol. The molecule has 0 fully saturated rings. The summed E-state index contributed by atoms with van der Waals surface area (Å²) >= 11 is 0. The number of nitrogens with zero attached hydrogens (tertiary/aromatic N) is 2. The molecule has 0 N–H and O–H groups in total. The maximum absolute atomic E-state index is 6.85. The van der Waals surface area contributed by atoms with E-state index in [9.17, 15) is 0 Å². The van der Waals surface area contributed by atoms with Gasteiger partial charge < -0.3 is 19.0 Å². The first-order valence-corrected chi connectivity index (χ1v) is 22.4. The summed E-state index contributed by atoms with van der Waals surface area (Å²) in [7, 11) is 0. The van der Waals surface area contributed by atoms with Crippen molar-refractivity contribution in [2.45, 2.75) is 0 Å². The van der Waals surface area contributed by atoms with Crippen LogP contribution in [0.15, 0.2) is 247 Å². The van der Waals surface area contributed by atoms with Crippen LogP contribution in [0.4, 0.5) is 34.1 Å². The third kappa shape index (κ3) is 6.22. The highest BCUT2D eigenvalue weighted by Crippen LogP contribution is 2.51. The highest BCUT2D eigenvalue weighted by molar-refractivity contribution is 6.18. The Morgan fingerprint density at radius 2 is 0.924 bits per heavy atom. The van der Waals surface area contributed by atoms with Crippen LogP contribution in [0.2, 0.25) is 0 Å². The molecular weight excluding hydrogens is 805 g/mol. The average Bonchev–Trinajstić information content (AvgIpc) is 3.77. The first kappa shape index (κ1) is 37.7. The number of hydrogen-bond acceptors (Lipinski definition) is 4. The summed E-state index contributed by atoms with van der Waals surface area (Å²) in [6, 6.07) is 86.1. The fourth-order valence-corrected chi connectivity index (χ4v) is 9.98. The number of hydrogen-bond donors (Lipinski definition) is 0. The molecule has 1 aliphatic heterocycles. The minimum atomic E-state index is 0.849. The van der Waals surface area contributed by atoms with Crippen molar-refractivity contribution in [1.82, 2.24) is 0 Å². The maximum Gasteiger partial charge on any atom is 0.159 e. The van der Waals surface area contributed by atoms with Gasteiger partial charge in [0.1, 0.15) is 17.1 Å². The van der Waals surface area contributed by atoms with Gasteiger partial charge in [0.25, 0.3) is 0 Å². The van der Waals surface area contributed by atoms with E-state index >= 15 is 0 Å². The van der Waals surface area contributed by atoms with E-state index in [0.29, 0.717) is 0 Å². The number of anilines is 6. The van der Waals surface area contributed by atoms with Gasteiger partial charge in [-0.05, 0) is 129 Å². The van der Waals surface area contributed by atoms with Crippen molar-refractivity contribution in [3.8, 4) is 44.9 Å². The van der Waals surface area contributed by atoms with Crippen molar-refractivity contribution in [3.63, 3.8) is 0 Å². The van der Waals surface area contributed by atoms with Crippen molar-refractivity contribution < 1.29 is 9.15 Å². The molecule has 0 amide bonds. The van der Waals surface area contributed by atoms with E-state index in [1.807, 2.05) is 12.1 Å². The zero-order valence-corrected chi connectivity index (χ0v) is 35.8. The molecule has 66 heavy (non-hydrogen) atoms. The van der Waals surface area contributed by atoms with Gasteiger partial charge in [-0.25, -0.2) is 0 Å². The SMILES string of the molecule is c1ccc(-c2ccccc2N(c2ccc(-c3ccc4c(c3)Oc3cccc5c3c-4cc3ccc(N(c4ccccc4)c4ccccc4)cc35)cc2)c2cccc3c2oc2ccccc23)cc1. The van der Waals surface area contributed by atoms with E-state index in [0.717, 1.165) is 101 Å². The van der Waals surface area contributed by atoms with Gasteiger partial charge in [0.15, 0.2) is 5.58 Å².